The van der Waals surface area contributed by atoms with E-state index in [1.165, 1.54) is 21.6 Å². The van der Waals surface area contributed by atoms with Crippen LogP contribution in [0.5, 0.6) is 0 Å². The first-order chi connectivity index (χ1) is 45.2. The first kappa shape index (κ1) is 78.5. The normalized spacial score (nSPS) is 16.8. The van der Waals surface area contributed by atoms with Crippen molar-refractivity contribution in [1.82, 2.24) is 52.3 Å². The number of benzene rings is 2. The molecule has 31 nitrogen and oxygen atoms in total. The number of nitrogens with one attached hydrogen (secondary N) is 8. The highest BCUT2D eigenvalue weighted by atomic mass is 32.2. The number of hydrogen-bond acceptors (Lipinski definition) is 17. The van der Waals surface area contributed by atoms with Crippen LogP contribution >= 0.6 is 11.8 Å². The van der Waals surface area contributed by atoms with Crippen LogP contribution in [0, 0.1) is 5.92 Å². The SMILES string of the molecule is CSCC[C@H](NC(=O)[C@H](CC(C)C)NC(=O)CNC(=O)[C@@H](Cc1ccccc1)NC(=O)[C@@H](Cc1ccccc1)NC(=O)[C@@H](CCC(N)=O)NC(=O)[C@@H](CCC(N)=O)NC(=O)[C@@H]1CCCN1C(=O)[C@@H](CCCCN)NC(=O)[C@H]1CCCN1C(=O)[C@H](N)CCCN=C(N)N)C(N)=O. The van der Waals surface area contributed by atoms with Crippen molar-refractivity contribution in [2.75, 3.05) is 44.7 Å². The van der Waals surface area contributed by atoms with Gasteiger partial charge in [0.15, 0.2) is 5.96 Å². The fourth-order valence-corrected chi connectivity index (χ4v) is 11.5. The second-order valence-electron chi connectivity index (χ2n) is 24.1. The Balaban J connectivity index is 1.56. The van der Waals surface area contributed by atoms with Crippen LogP contribution in [0.3, 0.4) is 0 Å². The van der Waals surface area contributed by atoms with E-state index in [1.54, 1.807) is 60.7 Å². The number of hydrogen-bond donors (Lipinski definition) is 15. The van der Waals surface area contributed by atoms with E-state index in [0.29, 0.717) is 55.4 Å². The average molecular weight is 1350 g/mol. The number of rotatable bonds is 42. The molecule has 2 aliphatic heterocycles. The van der Waals surface area contributed by atoms with Crippen LogP contribution in [0.15, 0.2) is 65.7 Å². The van der Waals surface area contributed by atoms with Crippen molar-refractivity contribution >= 4 is 94.5 Å². The number of nitrogens with zero attached hydrogens (tertiary/aromatic N) is 3. The van der Waals surface area contributed by atoms with Gasteiger partial charge in [-0.05, 0) is 119 Å². The van der Waals surface area contributed by atoms with Gasteiger partial charge in [0.05, 0.1) is 12.6 Å². The monoisotopic (exact) mass is 1350 g/mol. The van der Waals surface area contributed by atoms with E-state index in [1.807, 2.05) is 20.1 Å². The molecule has 2 aromatic carbocycles. The van der Waals surface area contributed by atoms with E-state index in [-0.39, 0.29) is 83.0 Å². The van der Waals surface area contributed by atoms with Crippen LogP contribution in [0.2, 0.25) is 0 Å². The molecular formula is C63H98N18O13S. The van der Waals surface area contributed by atoms with Gasteiger partial charge in [-0.2, -0.15) is 11.8 Å². The van der Waals surface area contributed by atoms with Crippen LogP contribution in [0.1, 0.15) is 121 Å². The fourth-order valence-electron chi connectivity index (χ4n) is 11.0. The zero-order valence-corrected chi connectivity index (χ0v) is 55.3. The molecule has 524 valence electrons. The number of unbranched alkanes of at least 4 members (excludes halogenated alkanes) is 1. The van der Waals surface area contributed by atoms with E-state index in [2.05, 4.69) is 47.5 Å². The zero-order valence-electron chi connectivity index (χ0n) is 54.5. The van der Waals surface area contributed by atoms with Crippen LogP contribution in [0.25, 0.3) is 0 Å². The fraction of sp³-hybridized carbons (Fsp3) is 0.587. The average Bonchev–Trinajstić information content (AvgIpc) is 1.74. The Kier molecular flexibility index (Phi) is 33.9. The summed E-state index contributed by atoms with van der Waals surface area (Å²) in [5.74, 6) is -9.80. The zero-order chi connectivity index (χ0) is 70.1. The van der Waals surface area contributed by atoms with Crippen LogP contribution in [-0.2, 0) is 75.2 Å². The highest BCUT2D eigenvalue weighted by Crippen LogP contribution is 2.24. The van der Waals surface area contributed by atoms with Crippen LogP contribution in [-0.4, -0.2) is 198 Å². The van der Waals surface area contributed by atoms with Crippen LogP contribution in [0.4, 0.5) is 0 Å². The molecule has 2 saturated heterocycles. The predicted molar refractivity (Wildman–Crippen MR) is 356 cm³/mol. The molecule has 2 fully saturated rings. The number of amides is 13. The quantitative estimate of drug-likeness (QED) is 0.0173. The van der Waals surface area contributed by atoms with Crippen molar-refractivity contribution in [3.05, 3.63) is 71.8 Å². The Morgan fingerprint density at radius 3 is 1.51 bits per heavy atom. The summed E-state index contributed by atoms with van der Waals surface area (Å²) < 4.78 is 0. The van der Waals surface area contributed by atoms with E-state index in [9.17, 15) is 62.3 Å². The second kappa shape index (κ2) is 41.0. The third-order valence-corrected chi connectivity index (χ3v) is 16.7. The summed E-state index contributed by atoms with van der Waals surface area (Å²) in [6.45, 7) is 3.86. The lowest BCUT2D eigenvalue weighted by molar-refractivity contribution is -0.144. The molecule has 95 heavy (non-hydrogen) atoms. The largest absolute Gasteiger partial charge is 0.370 e. The molecule has 2 aliphatic rings. The van der Waals surface area contributed by atoms with E-state index >= 15 is 0 Å². The number of aliphatic imine (C=N–C) groups is 1. The number of thioether (sulfide) groups is 1. The maximum atomic E-state index is 14.7. The van der Waals surface area contributed by atoms with Gasteiger partial charge < -0.3 is 92.5 Å². The molecule has 22 N–H and O–H groups in total. The molecule has 4 rings (SSSR count). The summed E-state index contributed by atoms with van der Waals surface area (Å²) in [5, 5.41) is 21.1. The molecule has 0 aromatic heterocycles. The molecule has 2 heterocycles. The summed E-state index contributed by atoms with van der Waals surface area (Å²) in [5.41, 5.74) is 40.6. The van der Waals surface area contributed by atoms with Crippen molar-refractivity contribution < 1.29 is 62.3 Å². The number of guanidine groups is 1. The highest BCUT2D eigenvalue weighted by molar-refractivity contribution is 7.98. The van der Waals surface area contributed by atoms with Crippen LogP contribution < -0.4 is 82.7 Å². The van der Waals surface area contributed by atoms with E-state index in [4.69, 9.17) is 40.1 Å². The minimum Gasteiger partial charge on any atom is -0.370 e. The van der Waals surface area contributed by atoms with Gasteiger partial charge in [0.25, 0.3) is 0 Å². The van der Waals surface area contributed by atoms with Gasteiger partial charge in [-0.15, -0.1) is 0 Å². The van der Waals surface area contributed by atoms with Gasteiger partial charge in [0, 0.05) is 45.3 Å². The van der Waals surface area contributed by atoms with Gasteiger partial charge in [0.2, 0.25) is 76.8 Å². The van der Waals surface area contributed by atoms with Gasteiger partial charge in [-0.3, -0.25) is 67.3 Å². The topological polar surface area (TPSA) is 519 Å². The first-order valence-electron chi connectivity index (χ1n) is 32.2. The molecule has 0 saturated carbocycles. The number of carbonyl (C=O) groups is 13. The second-order valence-corrected chi connectivity index (χ2v) is 25.1. The molecule has 2 aromatic rings. The molecule has 0 aliphatic carbocycles. The third-order valence-electron chi connectivity index (χ3n) is 16.0. The Morgan fingerprint density at radius 2 is 1.01 bits per heavy atom. The molecule has 0 bridgehead atoms. The predicted octanol–water partition coefficient (Wildman–Crippen LogP) is -3.71. The molecule has 0 spiro atoms. The maximum Gasteiger partial charge on any atom is 0.245 e. The molecule has 13 amide bonds. The lowest BCUT2D eigenvalue weighted by Crippen LogP contribution is -2.60. The molecule has 0 unspecified atom stereocenters. The molecule has 0 radical (unpaired) electrons. The van der Waals surface area contributed by atoms with Crippen molar-refractivity contribution in [2.45, 2.75) is 183 Å². The van der Waals surface area contributed by atoms with Gasteiger partial charge in [-0.1, -0.05) is 74.5 Å². The van der Waals surface area contributed by atoms with Crippen molar-refractivity contribution in [1.29, 1.82) is 0 Å². The minimum atomic E-state index is -1.64. The molecular weight excluding hydrogens is 1250 g/mol. The molecule has 32 heteroatoms. The highest BCUT2D eigenvalue weighted by Gasteiger charge is 2.42. The smallest absolute Gasteiger partial charge is 0.245 e. The summed E-state index contributed by atoms with van der Waals surface area (Å²) in [6.07, 6.45) is 3.12. The Labute approximate surface area is 558 Å². The van der Waals surface area contributed by atoms with Crippen molar-refractivity contribution in [3.8, 4) is 0 Å². The van der Waals surface area contributed by atoms with Crippen molar-refractivity contribution in [2.24, 2.45) is 51.0 Å². The Bertz CT molecular complexity index is 2960. The number of nitrogens with two attached hydrogens (primary N) is 7. The minimum absolute atomic E-state index is 0.0736. The van der Waals surface area contributed by atoms with Gasteiger partial charge in [0.1, 0.15) is 54.4 Å². The summed E-state index contributed by atoms with van der Waals surface area (Å²) in [4.78, 5) is 185. The lowest BCUT2D eigenvalue weighted by Gasteiger charge is -2.32. The Morgan fingerprint density at radius 1 is 0.537 bits per heavy atom. The standard InChI is InChI=1S/C63H98N18O13S/c1-37(2)33-45(57(89)74-41(53(68)85)27-32-95-3)73-52(84)36-72-54(86)46(34-38-15-6-4-7-16-38)78-58(90)47(35-39-17-8-5-9-18-39)79-56(88)42(23-25-50(66)82)75-55(87)43(24-26-51(67)83)76-59(91)49-22-14-31-81(49)62(94)44(20-10-11-28-64)77-60(92)48-21-13-30-80(48)61(93)40(65)19-12-29-71-63(69)70/h4-9,15-18,37,40-49H,10-14,19-36,64-65H2,1-3H3,(H2,66,82)(H2,67,83)(H2,68,85)(H,72,86)(H,73,84)(H,74,89)(H,75,87)(H,76,91)(H,77,92)(H,78,90)(H,79,88)(H4,69,70,71)/t40-,41+,42-,43-,44-,45+,46-,47-,48-,49+/m1/s1. The Hall–Kier alpha value is -8.91. The summed E-state index contributed by atoms with van der Waals surface area (Å²) in [7, 11) is 0. The lowest BCUT2D eigenvalue weighted by atomic mass is 10.0. The van der Waals surface area contributed by atoms with Gasteiger partial charge >= 0.3 is 0 Å². The van der Waals surface area contributed by atoms with Gasteiger partial charge in [-0.25, -0.2) is 0 Å². The van der Waals surface area contributed by atoms with E-state index < -0.39 is 169 Å². The number of primary amides is 3. The summed E-state index contributed by atoms with van der Waals surface area (Å²) in [6, 6.07) is 4.51. The number of carbonyl (C=O) groups excluding carboxylic acids is 13. The first-order valence-corrected chi connectivity index (χ1v) is 33.6. The van der Waals surface area contributed by atoms with Crippen molar-refractivity contribution in [3.63, 3.8) is 0 Å². The van der Waals surface area contributed by atoms with E-state index in [0.717, 1.165) is 0 Å². The summed E-state index contributed by atoms with van der Waals surface area (Å²) >= 11 is 1.45. The number of likely N-dealkylation sites (tertiary alicyclic amines) is 2. The maximum absolute atomic E-state index is 14.7. The third kappa shape index (κ3) is 27.5. The molecule has 10 atom stereocenters.